The fraction of sp³-hybridized carbons (Fsp3) is 0.300. The molecule has 0 spiro atoms. The first kappa shape index (κ1) is 25.6. The third-order valence-electron chi connectivity index (χ3n) is 7.08. The summed E-state index contributed by atoms with van der Waals surface area (Å²) in [6.45, 7) is 4.53. The normalized spacial score (nSPS) is 14.1. The summed E-state index contributed by atoms with van der Waals surface area (Å²) in [5.41, 5.74) is 4.08. The smallest absolute Gasteiger partial charge is 0.275 e. The maximum atomic E-state index is 13.4. The molecule has 0 aliphatic carbocycles. The number of hydrogen-bond acceptors (Lipinski definition) is 5. The van der Waals surface area contributed by atoms with Crippen LogP contribution in [0.25, 0.3) is 10.9 Å². The van der Waals surface area contributed by atoms with Gasteiger partial charge in [-0.3, -0.25) is 19.2 Å². The van der Waals surface area contributed by atoms with Crippen LogP contribution in [0.2, 0.25) is 0 Å². The highest BCUT2D eigenvalue weighted by molar-refractivity contribution is 6.05. The zero-order chi connectivity index (χ0) is 26.5. The average molecular weight is 512 g/mol. The van der Waals surface area contributed by atoms with Gasteiger partial charge in [-0.1, -0.05) is 60.7 Å². The zero-order valence-corrected chi connectivity index (χ0v) is 21.7. The number of aromatic nitrogens is 2. The zero-order valence-electron chi connectivity index (χ0n) is 21.7. The quantitative estimate of drug-likeness (QED) is 0.393. The molecule has 196 valence electrons. The molecule has 0 saturated carbocycles. The molecule has 8 heteroatoms. The summed E-state index contributed by atoms with van der Waals surface area (Å²) >= 11 is 0. The summed E-state index contributed by atoms with van der Waals surface area (Å²) in [5.74, 6) is -0.0945. The van der Waals surface area contributed by atoms with Crippen molar-refractivity contribution >= 4 is 22.7 Å². The van der Waals surface area contributed by atoms with E-state index in [4.69, 9.17) is 5.10 Å². The van der Waals surface area contributed by atoms with Crippen molar-refractivity contribution in [3.8, 4) is 0 Å². The molecule has 1 aliphatic heterocycles. The highest BCUT2D eigenvalue weighted by atomic mass is 16.3. The maximum absolute atomic E-state index is 13.4. The number of nitrogens with zero attached hydrogens (tertiary/aromatic N) is 5. The third kappa shape index (κ3) is 5.61. The van der Waals surface area contributed by atoms with E-state index in [0.29, 0.717) is 44.0 Å². The number of carbonyl (C=O) groups is 2. The molecule has 1 aromatic heterocycles. The molecule has 2 amide bonds. The second kappa shape index (κ2) is 11.6. The summed E-state index contributed by atoms with van der Waals surface area (Å²) in [4.78, 5) is 32.1. The number of para-hydroxylation sites is 1. The van der Waals surface area contributed by atoms with Gasteiger partial charge < -0.3 is 14.9 Å². The Labute approximate surface area is 222 Å². The predicted octanol–water partition coefficient (Wildman–Crippen LogP) is 3.11. The minimum absolute atomic E-state index is 0.0306. The summed E-state index contributed by atoms with van der Waals surface area (Å²) in [5, 5.41) is 14.8. The number of rotatable bonds is 8. The topological polar surface area (TPSA) is 81.9 Å². The summed E-state index contributed by atoms with van der Waals surface area (Å²) < 4.78 is 1.86. The highest BCUT2D eigenvalue weighted by Gasteiger charge is 2.26. The molecule has 1 aliphatic rings. The molecule has 4 aromatic rings. The van der Waals surface area contributed by atoms with Crippen molar-refractivity contribution in [2.24, 2.45) is 0 Å². The van der Waals surface area contributed by atoms with Crippen LogP contribution in [0.1, 0.15) is 32.0 Å². The van der Waals surface area contributed by atoms with Crippen LogP contribution in [0.15, 0.2) is 78.9 Å². The minimum atomic E-state index is -0.0639. The molecule has 1 saturated heterocycles. The predicted molar refractivity (Wildman–Crippen MR) is 147 cm³/mol. The number of aliphatic hydroxyl groups excluding tert-OH is 1. The van der Waals surface area contributed by atoms with Crippen LogP contribution >= 0.6 is 0 Å². The second-order valence-corrected chi connectivity index (χ2v) is 9.72. The van der Waals surface area contributed by atoms with E-state index in [0.717, 1.165) is 35.1 Å². The van der Waals surface area contributed by atoms with Gasteiger partial charge in [0.15, 0.2) is 5.69 Å². The molecule has 1 fully saturated rings. The number of hydrogen-bond donors (Lipinski definition) is 1. The Balaban J connectivity index is 1.29. The standard InChI is InChI=1S/C30H33N5O3/c1-32(21-23-7-3-2-4-8-23)29(37)25-13-11-24(12-14-25)22-35-27-10-6-5-9-26(27)28(31-35)30(38)34-17-15-33(16-18-34)19-20-36/h2-14,36H,15-22H2,1H3. The van der Waals surface area contributed by atoms with Crippen LogP contribution in [0.4, 0.5) is 0 Å². The van der Waals surface area contributed by atoms with Gasteiger partial charge in [-0.15, -0.1) is 0 Å². The number of carbonyl (C=O) groups excluding carboxylic acids is 2. The lowest BCUT2D eigenvalue weighted by Gasteiger charge is -2.34. The molecule has 2 heterocycles. The van der Waals surface area contributed by atoms with Crippen molar-refractivity contribution in [1.29, 1.82) is 0 Å². The molecule has 0 bridgehead atoms. The van der Waals surface area contributed by atoms with Crippen molar-refractivity contribution in [2.75, 3.05) is 46.4 Å². The fourth-order valence-electron chi connectivity index (χ4n) is 4.95. The molecule has 8 nitrogen and oxygen atoms in total. The van der Waals surface area contributed by atoms with Crippen LogP contribution in [-0.4, -0.2) is 87.8 Å². The lowest BCUT2D eigenvalue weighted by molar-refractivity contribution is 0.0610. The number of amides is 2. The van der Waals surface area contributed by atoms with E-state index < -0.39 is 0 Å². The molecule has 1 N–H and O–H groups in total. The van der Waals surface area contributed by atoms with Gasteiger partial charge in [0, 0.05) is 57.3 Å². The molecule has 3 aromatic carbocycles. The first-order chi connectivity index (χ1) is 18.5. The van der Waals surface area contributed by atoms with E-state index in [1.54, 1.807) is 4.90 Å². The number of fused-ring (bicyclic) bond motifs is 1. The average Bonchev–Trinajstić information content (AvgIpc) is 3.32. The first-order valence-electron chi connectivity index (χ1n) is 13.0. The third-order valence-corrected chi connectivity index (χ3v) is 7.08. The number of aliphatic hydroxyl groups is 1. The molecule has 38 heavy (non-hydrogen) atoms. The lowest BCUT2D eigenvalue weighted by Crippen LogP contribution is -2.49. The van der Waals surface area contributed by atoms with Crippen molar-refractivity contribution in [3.05, 3.63) is 101 Å². The van der Waals surface area contributed by atoms with Crippen LogP contribution in [-0.2, 0) is 13.1 Å². The summed E-state index contributed by atoms with van der Waals surface area (Å²) in [7, 11) is 1.81. The minimum Gasteiger partial charge on any atom is -0.395 e. The van der Waals surface area contributed by atoms with E-state index in [-0.39, 0.29) is 18.4 Å². The Kier molecular flexibility index (Phi) is 7.81. The fourth-order valence-corrected chi connectivity index (χ4v) is 4.95. The first-order valence-corrected chi connectivity index (χ1v) is 13.0. The summed E-state index contributed by atoms with van der Waals surface area (Å²) in [6, 6.07) is 25.3. The number of β-amino-alcohol motifs (C(OH)–C–C–N with tert-alkyl or cyclic N) is 1. The van der Waals surface area contributed by atoms with Gasteiger partial charge in [-0.05, 0) is 29.3 Å². The van der Waals surface area contributed by atoms with E-state index >= 15 is 0 Å². The van der Waals surface area contributed by atoms with Gasteiger partial charge in [-0.2, -0.15) is 5.10 Å². The van der Waals surface area contributed by atoms with E-state index in [9.17, 15) is 14.7 Å². The molecule has 0 atom stereocenters. The Morgan fingerprint density at radius 2 is 1.55 bits per heavy atom. The largest absolute Gasteiger partial charge is 0.395 e. The van der Waals surface area contributed by atoms with Gasteiger partial charge in [0.25, 0.3) is 11.8 Å². The molecule has 0 radical (unpaired) electrons. The SMILES string of the molecule is CN(Cc1ccccc1)C(=O)c1ccc(Cn2nc(C(=O)N3CCN(CCO)CC3)c3ccccc32)cc1. The van der Waals surface area contributed by atoms with Crippen LogP contribution < -0.4 is 0 Å². The Hall–Kier alpha value is -4.01. The summed E-state index contributed by atoms with van der Waals surface area (Å²) in [6.07, 6.45) is 0. The van der Waals surface area contributed by atoms with Crippen molar-refractivity contribution in [3.63, 3.8) is 0 Å². The van der Waals surface area contributed by atoms with E-state index in [1.807, 2.05) is 95.5 Å². The maximum Gasteiger partial charge on any atom is 0.275 e. The van der Waals surface area contributed by atoms with E-state index in [1.165, 1.54) is 0 Å². The van der Waals surface area contributed by atoms with Crippen LogP contribution in [0.5, 0.6) is 0 Å². The number of benzene rings is 3. The van der Waals surface area contributed by atoms with Gasteiger partial charge in [0.05, 0.1) is 18.7 Å². The Morgan fingerprint density at radius 1 is 0.868 bits per heavy atom. The van der Waals surface area contributed by atoms with Crippen LogP contribution in [0.3, 0.4) is 0 Å². The van der Waals surface area contributed by atoms with E-state index in [2.05, 4.69) is 4.90 Å². The van der Waals surface area contributed by atoms with Gasteiger partial charge in [0.1, 0.15) is 0 Å². The highest BCUT2D eigenvalue weighted by Crippen LogP contribution is 2.22. The number of piperazine rings is 1. The Bertz CT molecular complexity index is 1390. The lowest BCUT2D eigenvalue weighted by atomic mass is 10.1. The monoisotopic (exact) mass is 511 g/mol. The van der Waals surface area contributed by atoms with Gasteiger partial charge >= 0.3 is 0 Å². The second-order valence-electron chi connectivity index (χ2n) is 9.72. The molecule has 5 rings (SSSR count). The van der Waals surface area contributed by atoms with Crippen LogP contribution in [0, 0.1) is 0 Å². The Morgan fingerprint density at radius 3 is 2.26 bits per heavy atom. The molecule has 0 unspecified atom stereocenters. The van der Waals surface area contributed by atoms with Crippen molar-refractivity contribution < 1.29 is 14.7 Å². The van der Waals surface area contributed by atoms with Gasteiger partial charge in [0.2, 0.25) is 0 Å². The van der Waals surface area contributed by atoms with Gasteiger partial charge in [-0.25, -0.2) is 0 Å². The molecular weight excluding hydrogens is 478 g/mol. The van der Waals surface area contributed by atoms with Crippen molar-refractivity contribution in [1.82, 2.24) is 24.5 Å². The van der Waals surface area contributed by atoms with Crippen molar-refractivity contribution in [2.45, 2.75) is 13.1 Å². The molecular formula is C30H33N5O3.